The van der Waals surface area contributed by atoms with E-state index in [-0.39, 0.29) is 18.2 Å². The second kappa shape index (κ2) is 5.83. The molecule has 1 heterocycles. The lowest BCUT2D eigenvalue weighted by Crippen LogP contribution is -2.42. The van der Waals surface area contributed by atoms with Gasteiger partial charge in [0.1, 0.15) is 6.04 Å². The van der Waals surface area contributed by atoms with Crippen molar-refractivity contribution in [1.82, 2.24) is 10.2 Å². The van der Waals surface area contributed by atoms with Crippen molar-refractivity contribution >= 4 is 17.8 Å². The molecule has 1 fully saturated rings. The minimum absolute atomic E-state index is 0.0513. The number of likely N-dealkylation sites (N-methyl/N-ethyl adjacent to an activating group) is 1. The molecule has 2 atom stereocenters. The number of imide groups is 1. The van der Waals surface area contributed by atoms with Gasteiger partial charge in [-0.15, -0.1) is 0 Å². The maximum Gasteiger partial charge on any atom is 0.327 e. The van der Waals surface area contributed by atoms with Crippen LogP contribution in [0.2, 0.25) is 0 Å². The molecule has 2 unspecified atom stereocenters. The molecule has 1 aromatic carbocycles. The molecule has 0 spiro atoms. The number of carbonyl (C=O) groups excluding carboxylic acids is 3. The smallest absolute Gasteiger partial charge is 0.327 e. The summed E-state index contributed by atoms with van der Waals surface area (Å²) < 4.78 is 4.75. The minimum atomic E-state index is -0.769. The summed E-state index contributed by atoms with van der Waals surface area (Å²) in [4.78, 5) is 36.3. The zero-order valence-corrected chi connectivity index (χ0v) is 11.3. The molecule has 6 nitrogen and oxygen atoms in total. The summed E-state index contributed by atoms with van der Waals surface area (Å²) in [5.74, 6) is -1.09. The molecule has 20 heavy (non-hydrogen) atoms. The maximum absolute atomic E-state index is 11.9. The molecule has 2 amide bonds. The van der Waals surface area contributed by atoms with Gasteiger partial charge in [-0.3, -0.25) is 19.8 Å². The van der Waals surface area contributed by atoms with Gasteiger partial charge in [-0.2, -0.15) is 0 Å². The van der Waals surface area contributed by atoms with E-state index in [2.05, 4.69) is 5.32 Å². The number of nitrogens with one attached hydrogen (secondary N) is 1. The average molecular weight is 276 g/mol. The monoisotopic (exact) mass is 276 g/mol. The Labute approximate surface area is 116 Å². The van der Waals surface area contributed by atoms with Crippen molar-refractivity contribution in [2.24, 2.45) is 0 Å². The number of hydrogen-bond acceptors (Lipinski definition) is 5. The van der Waals surface area contributed by atoms with Crippen LogP contribution in [0.15, 0.2) is 30.3 Å². The molecule has 1 N–H and O–H groups in total. The molecule has 0 saturated carbocycles. The van der Waals surface area contributed by atoms with Crippen LogP contribution in [-0.4, -0.2) is 42.9 Å². The van der Waals surface area contributed by atoms with Gasteiger partial charge in [0.2, 0.25) is 11.8 Å². The van der Waals surface area contributed by atoms with Crippen LogP contribution in [0, 0.1) is 0 Å². The summed E-state index contributed by atoms with van der Waals surface area (Å²) in [6.45, 7) is 0. The molecule has 1 saturated heterocycles. The molecular formula is C14H16N2O4. The van der Waals surface area contributed by atoms with Gasteiger partial charge in [0.15, 0.2) is 0 Å². The maximum atomic E-state index is 11.9. The van der Waals surface area contributed by atoms with Gasteiger partial charge in [0.05, 0.1) is 19.6 Å². The number of carbonyl (C=O) groups is 3. The van der Waals surface area contributed by atoms with Crippen LogP contribution >= 0.6 is 0 Å². The van der Waals surface area contributed by atoms with Crippen molar-refractivity contribution in [1.29, 1.82) is 0 Å². The Hall–Kier alpha value is -2.21. The van der Waals surface area contributed by atoms with Crippen LogP contribution in [0.25, 0.3) is 0 Å². The lowest BCUT2D eigenvalue weighted by atomic mass is 10.1. The Balaban J connectivity index is 2.20. The summed E-state index contributed by atoms with van der Waals surface area (Å²) in [7, 11) is 2.72. The van der Waals surface area contributed by atoms with Gasteiger partial charge in [0, 0.05) is 7.05 Å². The van der Waals surface area contributed by atoms with Crippen LogP contribution in [0.1, 0.15) is 18.0 Å². The first-order valence-electron chi connectivity index (χ1n) is 6.24. The highest BCUT2D eigenvalue weighted by molar-refractivity contribution is 6.05. The second-order valence-corrected chi connectivity index (χ2v) is 4.58. The molecule has 0 aromatic heterocycles. The number of rotatable bonds is 4. The third-order valence-electron chi connectivity index (χ3n) is 3.32. The first-order chi connectivity index (χ1) is 9.54. The Morgan fingerprint density at radius 3 is 2.50 bits per heavy atom. The average Bonchev–Trinajstić information content (AvgIpc) is 2.72. The third kappa shape index (κ3) is 2.70. The molecule has 0 bridgehead atoms. The highest BCUT2D eigenvalue weighted by Gasteiger charge is 2.38. The van der Waals surface area contributed by atoms with Crippen molar-refractivity contribution in [2.75, 3.05) is 14.2 Å². The quantitative estimate of drug-likeness (QED) is 0.630. The molecule has 1 aliphatic rings. The van der Waals surface area contributed by atoms with E-state index < -0.39 is 18.1 Å². The van der Waals surface area contributed by atoms with Crippen molar-refractivity contribution < 1.29 is 19.1 Å². The largest absolute Gasteiger partial charge is 0.468 e. The van der Waals surface area contributed by atoms with Crippen molar-refractivity contribution in [3.05, 3.63) is 35.9 Å². The topological polar surface area (TPSA) is 75.7 Å². The standard InChI is InChI=1S/C14H16N2O4/c1-16-11(17)8-10(13(16)18)15-12(14(19)20-2)9-6-4-3-5-7-9/h3-7,10,12,15H,8H2,1-2H3. The zero-order valence-electron chi connectivity index (χ0n) is 11.3. The molecular weight excluding hydrogens is 260 g/mol. The number of esters is 1. The molecule has 0 aliphatic carbocycles. The lowest BCUT2D eigenvalue weighted by Gasteiger charge is -2.20. The van der Waals surface area contributed by atoms with Gasteiger partial charge in [-0.25, -0.2) is 4.79 Å². The van der Waals surface area contributed by atoms with Gasteiger partial charge in [-0.05, 0) is 5.56 Å². The molecule has 1 aromatic rings. The van der Waals surface area contributed by atoms with Gasteiger partial charge < -0.3 is 4.74 Å². The lowest BCUT2D eigenvalue weighted by molar-refractivity contribution is -0.143. The van der Waals surface area contributed by atoms with Crippen LogP contribution < -0.4 is 5.32 Å². The fourth-order valence-electron chi connectivity index (χ4n) is 2.15. The number of likely N-dealkylation sites (tertiary alicyclic amines) is 1. The predicted molar refractivity (Wildman–Crippen MR) is 70.5 cm³/mol. The Bertz CT molecular complexity index is 529. The number of ether oxygens (including phenoxy) is 1. The van der Waals surface area contributed by atoms with E-state index in [0.29, 0.717) is 5.56 Å². The van der Waals surface area contributed by atoms with Gasteiger partial charge in [-0.1, -0.05) is 30.3 Å². The minimum Gasteiger partial charge on any atom is -0.468 e. The number of benzene rings is 1. The van der Waals surface area contributed by atoms with Crippen molar-refractivity contribution in [2.45, 2.75) is 18.5 Å². The summed E-state index contributed by atoms with van der Waals surface area (Å²) in [6.07, 6.45) is 0.0513. The fourth-order valence-corrected chi connectivity index (χ4v) is 2.15. The molecule has 6 heteroatoms. The van der Waals surface area contributed by atoms with Crippen molar-refractivity contribution in [3.63, 3.8) is 0 Å². The van der Waals surface area contributed by atoms with Crippen LogP contribution in [0.5, 0.6) is 0 Å². The number of nitrogens with zero attached hydrogens (tertiary/aromatic N) is 1. The third-order valence-corrected chi connectivity index (χ3v) is 3.32. The molecule has 1 aliphatic heterocycles. The normalized spacial score (nSPS) is 20.1. The summed E-state index contributed by atoms with van der Waals surface area (Å²) in [5, 5.41) is 2.91. The summed E-state index contributed by atoms with van der Waals surface area (Å²) in [6, 6.07) is 7.47. The predicted octanol–water partition coefficient (Wildman–Crippen LogP) is 0.248. The number of methoxy groups -OCH3 is 1. The van der Waals surface area contributed by atoms with E-state index in [1.807, 2.05) is 6.07 Å². The summed E-state index contributed by atoms with van der Waals surface area (Å²) in [5.41, 5.74) is 0.689. The first kappa shape index (κ1) is 14.2. The van der Waals surface area contributed by atoms with E-state index >= 15 is 0 Å². The Morgan fingerprint density at radius 1 is 1.35 bits per heavy atom. The Kier molecular flexibility index (Phi) is 4.14. The van der Waals surface area contributed by atoms with Crippen molar-refractivity contribution in [3.8, 4) is 0 Å². The zero-order chi connectivity index (χ0) is 14.7. The van der Waals surface area contributed by atoms with E-state index in [4.69, 9.17) is 4.74 Å². The fraction of sp³-hybridized carbons (Fsp3) is 0.357. The van der Waals surface area contributed by atoms with E-state index in [1.54, 1.807) is 24.3 Å². The SMILES string of the molecule is COC(=O)C(NC1CC(=O)N(C)C1=O)c1ccccc1. The van der Waals surface area contributed by atoms with E-state index in [9.17, 15) is 14.4 Å². The molecule has 0 radical (unpaired) electrons. The van der Waals surface area contributed by atoms with E-state index in [1.165, 1.54) is 14.2 Å². The van der Waals surface area contributed by atoms with E-state index in [0.717, 1.165) is 4.90 Å². The highest BCUT2D eigenvalue weighted by Crippen LogP contribution is 2.19. The number of hydrogen-bond donors (Lipinski definition) is 1. The van der Waals surface area contributed by atoms with Crippen LogP contribution in [0.4, 0.5) is 0 Å². The van der Waals surface area contributed by atoms with Crippen LogP contribution in [-0.2, 0) is 19.1 Å². The van der Waals surface area contributed by atoms with Crippen LogP contribution in [0.3, 0.4) is 0 Å². The second-order valence-electron chi connectivity index (χ2n) is 4.58. The first-order valence-corrected chi connectivity index (χ1v) is 6.24. The Morgan fingerprint density at radius 2 is 2.00 bits per heavy atom. The molecule has 106 valence electrons. The van der Waals surface area contributed by atoms with Gasteiger partial charge in [0.25, 0.3) is 0 Å². The highest BCUT2D eigenvalue weighted by atomic mass is 16.5. The summed E-state index contributed by atoms with van der Waals surface area (Å²) >= 11 is 0. The molecule has 2 rings (SSSR count). The van der Waals surface area contributed by atoms with Gasteiger partial charge >= 0.3 is 5.97 Å². The number of amides is 2.